The highest BCUT2D eigenvalue weighted by Crippen LogP contribution is 2.27. The van der Waals surface area contributed by atoms with Crippen molar-refractivity contribution >= 4 is 18.5 Å². The highest BCUT2D eigenvalue weighted by Gasteiger charge is 2.13. The molecule has 0 aliphatic heterocycles. The van der Waals surface area contributed by atoms with Gasteiger partial charge in [-0.15, -0.1) is 18.5 Å². The van der Waals surface area contributed by atoms with Crippen molar-refractivity contribution in [2.45, 2.75) is 90.4 Å². The molecule has 4 unspecified atom stereocenters. The van der Waals surface area contributed by atoms with Gasteiger partial charge >= 0.3 is 0 Å². The van der Waals surface area contributed by atoms with E-state index in [4.69, 9.17) is 0 Å². The van der Waals surface area contributed by atoms with Gasteiger partial charge in [-0.25, -0.2) is 0 Å². The zero-order chi connectivity index (χ0) is 14.0. The Bertz CT molecular complexity index is 162. The Kier molecular flexibility index (Phi) is 12.2. The van der Waals surface area contributed by atoms with E-state index in [-0.39, 0.29) is 0 Å². The zero-order valence-corrected chi connectivity index (χ0v) is 15.4. The zero-order valence-electron chi connectivity index (χ0n) is 13.1. The van der Waals surface area contributed by atoms with Gasteiger partial charge < -0.3 is 0 Å². The van der Waals surface area contributed by atoms with Crippen molar-refractivity contribution in [3.63, 3.8) is 0 Å². The molecule has 0 aromatic rings. The van der Waals surface area contributed by atoms with Crippen molar-refractivity contribution in [1.29, 1.82) is 0 Å². The van der Waals surface area contributed by atoms with Gasteiger partial charge in [0.05, 0.1) is 0 Å². The van der Waals surface area contributed by atoms with Crippen LogP contribution in [0.4, 0.5) is 0 Å². The van der Waals surface area contributed by atoms with Gasteiger partial charge in [-0.05, 0) is 42.4 Å². The lowest BCUT2D eigenvalue weighted by atomic mass is 9.84. The van der Waals surface area contributed by atoms with Crippen LogP contribution in [-0.4, -0.2) is 11.3 Å². The first-order valence-corrected chi connectivity index (χ1v) is 9.30. The normalized spacial score (nSPS) is 27.0. The van der Waals surface area contributed by atoms with Crippen LogP contribution in [0.15, 0.2) is 0 Å². The molecule has 0 aromatic carbocycles. The quantitative estimate of drug-likeness (QED) is 0.552. The first kappa shape index (κ1) is 18.9. The predicted molar refractivity (Wildman–Crippen MR) is 93.6 cm³/mol. The van der Waals surface area contributed by atoms with E-state index in [1.165, 1.54) is 51.4 Å². The van der Waals surface area contributed by atoms with E-state index >= 15 is 0 Å². The van der Waals surface area contributed by atoms with Crippen molar-refractivity contribution in [3.05, 3.63) is 0 Å². The van der Waals surface area contributed by atoms with Gasteiger partial charge in [-0.1, -0.05) is 59.8 Å². The summed E-state index contributed by atoms with van der Waals surface area (Å²) in [6.45, 7) is 9.24. The highest BCUT2D eigenvalue weighted by molar-refractivity contribution is 7.17. The molecule has 0 spiro atoms. The molecule has 4 atom stereocenters. The van der Waals surface area contributed by atoms with Gasteiger partial charge in [0.25, 0.3) is 0 Å². The molecule has 1 aliphatic carbocycles. The van der Waals surface area contributed by atoms with Crippen LogP contribution in [0, 0.1) is 11.8 Å². The third-order valence-electron chi connectivity index (χ3n) is 4.06. The van der Waals surface area contributed by atoms with Crippen molar-refractivity contribution in [3.8, 4) is 0 Å². The second-order valence-corrected chi connectivity index (χ2v) is 8.52. The maximum absolute atomic E-state index is 2.91. The fourth-order valence-electron chi connectivity index (χ4n) is 2.33. The van der Waals surface area contributed by atoms with Crippen LogP contribution in [0.5, 0.6) is 0 Å². The fourth-order valence-corrected chi connectivity index (χ4v) is 2.80. The van der Waals surface area contributed by atoms with Gasteiger partial charge in [-0.3, -0.25) is 0 Å². The Labute approximate surface area is 121 Å². The minimum atomic E-state index is 0.800. The standard InChI is InChI=1S/C8H20P2.C8H16/c1-3-8(10)6-4-5-7(2)9;1-7-3-5-8(2)6-4-7/h7-8H,3-6,9-10H2,1-2H3;7-8H,3-6H2,1-2H3. The molecule has 1 saturated carbocycles. The molecule has 0 nitrogen and oxygen atoms in total. The second kappa shape index (κ2) is 11.7. The molecular weight excluding hydrogens is 254 g/mol. The van der Waals surface area contributed by atoms with Crippen LogP contribution < -0.4 is 0 Å². The van der Waals surface area contributed by atoms with E-state index in [1.54, 1.807) is 0 Å². The van der Waals surface area contributed by atoms with Crippen molar-refractivity contribution < 1.29 is 0 Å². The summed E-state index contributed by atoms with van der Waals surface area (Å²) in [6.07, 6.45) is 11.3. The molecule has 0 heterocycles. The van der Waals surface area contributed by atoms with Gasteiger partial charge in [0.15, 0.2) is 0 Å². The average molecular weight is 290 g/mol. The summed E-state index contributed by atoms with van der Waals surface area (Å²) >= 11 is 0. The van der Waals surface area contributed by atoms with E-state index in [0.717, 1.165) is 23.2 Å². The van der Waals surface area contributed by atoms with Crippen LogP contribution in [0.2, 0.25) is 0 Å². The molecule has 0 amide bonds. The third kappa shape index (κ3) is 11.9. The van der Waals surface area contributed by atoms with E-state index in [1.807, 2.05) is 0 Å². The molecule has 1 rings (SSSR count). The van der Waals surface area contributed by atoms with Crippen LogP contribution in [0.3, 0.4) is 0 Å². The topological polar surface area (TPSA) is 0 Å². The van der Waals surface area contributed by atoms with Gasteiger partial charge in [0, 0.05) is 0 Å². The van der Waals surface area contributed by atoms with Crippen LogP contribution in [-0.2, 0) is 0 Å². The van der Waals surface area contributed by atoms with E-state index in [0.29, 0.717) is 0 Å². The van der Waals surface area contributed by atoms with Crippen molar-refractivity contribution in [2.75, 3.05) is 0 Å². The SMILES string of the molecule is CC1CCC(C)CC1.CCC(P)CCCC(C)P. The Balaban J connectivity index is 0.000000327. The third-order valence-corrected chi connectivity index (χ3v) is 5.20. The number of hydrogen-bond donors (Lipinski definition) is 0. The van der Waals surface area contributed by atoms with Crippen molar-refractivity contribution in [2.24, 2.45) is 11.8 Å². The Morgan fingerprint density at radius 3 is 1.72 bits per heavy atom. The van der Waals surface area contributed by atoms with E-state index in [2.05, 4.69) is 46.2 Å². The monoisotopic (exact) mass is 290 g/mol. The molecule has 0 radical (unpaired) electrons. The molecule has 2 heteroatoms. The van der Waals surface area contributed by atoms with Crippen molar-refractivity contribution in [1.82, 2.24) is 0 Å². The van der Waals surface area contributed by atoms with Crippen LogP contribution >= 0.6 is 18.5 Å². The molecule has 0 saturated heterocycles. The summed E-state index contributed by atoms with van der Waals surface area (Å²) in [5.41, 5.74) is 1.65. The maximum atomic E-state index is 2.91. The summed E-state index contributed by atoms with van der Waals surface area (Å²) < 4.78 is 0. The molecule has 0 N–H and O–H groups in total. The van der Waals surface area contributed by atoms with E-state index in [9.17, 15) is 0 Å². The Hall–Kier alpha value is 0.860. The lowest BCUT2D eigenvalue weighted by Gasteiger charge is -2.22. The number of rotatable bonds is 5. The predicted octanol–water partition coefficient (Wildman–Crippen LogP) is 5.91. The smallest absolute Gasteiger partial charge is 0.0267 e. The minimum Gasteiger partial charge on any atom is -0.135 e. The summed E-state index contributed by atoms with van der Waals surface area (Å²) in [4.78, 5) is 0. The van der Waals surface area contributed by atoms with Crippen LogP contribution in [0.1, 0.15) is 79.1 Å². The first-order valence-electron chi connectivity index (χ1n) is 7.96. The largest absolute Gasteiger partial charge is 0.135 e. The molecule has 18 heavy (non-hydrogen) atoms. The van der Waals surface area contributed by atoms with Gasteiger partial charge in [0.2, 0.25) is 0 Å². The fraction of sp³-hybridized carbons (Fsp3) is 1.00. The molecule has 1 fully saturated rings. The summed E-state index contributed by atoms with van der Waals surface area (Å²) in [5, 5.41) is 0. The highest BCUT2D eigenvalue weighted by atomic mass is 31.0. The Morgan fingerprint density at radius 2 is 1.39 bits per heavy atom. The van der Waals surface area contributed by atoms with Gasteiger partial charge in [-0.2, -0.15) is 0 Å². The van der Waals surface area contributed by atoms with Crippen LogP contribution in [0.25, 0.3) is 0 Å². The summed E-state index contributed by atoms with van der Waals surface area (Å²) in [5.74, 6) is 2.04. The molecule has 0 bridgehead atoms. The Morgan fingerprint density at radius 1 is 0.944 bits per heavy atom. The molecule has 1 aliphatic rings. The lowest BCUT2D eigenvalue weighted by molar-refractivity contribution is 0.308. The summed E-state index contributed by atoms with van der Waals surface area (Å²) in [6, 6.07) is 0. The van der Waals surface area contributed by atoms with E-state index < -0.39 is 0 Å². The number of hydrogen-bond acceptors (Lipinski definition) is 0. The second-order valence-electron chi connectivity index (χ2n) is 6.44. The van der Waals surface area contributed by atoms with Gasteiger partial charge in [0.1, 0.15) is 0 Å². The minimum absolute atomic E-state index is 0.800. The average Bonchev–Trinajstić information content (AvgIpc) is 2.33. The molecule has 0 aromatic heterocycles. The molecular formula is C16H36P2. The maximum Gasteiger partial charge on any atom is -0.0267 e. The summed E-state index contributed by atoms with van der Waals surface area (Å²) in [7, 11) is 5.76. The first-order chi connectivity index (χ1) is 8.45. The lowest BCUT2D eigenvalue weighted by Crippen LogP contribution is -2.08. The molecule has 110 valence electrons.